The maximum Gasteiger partial charge on any atom is 0.295 e. The number of rotatable bonds is 5. The molecule has 1 aliphatic heterocycles. The monoisotopic (exact) mass is 420 g/mol. The number of nitrogens with zero attached hydrogens (tertiary/aromatic N) is 2. The van der Waals surface area contributed by atoms with Crippen molar-refractivity contribution >= 4 is 28.8 Å². The van der Waals surface area contributed by atoms with E-state index in [9.17, 15) is 14.7 Å². The van der Waals surface area contributed by atoms with E-state index in [4.69, 9.17) is 4.74 Å². The molecule has 152 valence electrons. The molecular formula is C23H20N2O4S. The Morgan fingerprint density at radius 3 is 2.67 bits per heavy atom. The maximum absolute atomic E-state index is 13.1. The van der Waals surface area contributed by atoms with E-state index in [0.717, 1.165) is 16.0 Å². The number of carbonyl (C=O) groups is 2. The minimum absolute atomic E-state index is 0.0685. The molecular weight excluding hydrogens is 400 g/mol. The standard InChI is InChI=1S/C23H20N2O4S/c1-14-9-11-30-22(14)19-18(20(26)16-7-3-4-8-17(16)29-2)21(27)23(28)25(19)13-15-6-5-10-24-12-15/h3-12,19,26H,13H2,1-2H3/b20-18+. The van der Waals surface area contributed by atoms with Gasteiger partial charge < -0.3 is 14.7 Å². The number of methoxy groups -OCH3 is 1. The molecule has 7 heteroatoms. The number of ketones is 1. The molecule has 0 bridgehead atoms. The number of pyridine rings is 1. The van der Waals surface area contributed by atoms with Gasteiger partial charge in [0.05, 0.1) is 18.2 Å². The molecule has 1 saturated heterocycles. The van der Waals surface area contributed by atoms with Crippen molar-refractivity contribution in [2.24, 2.45) is 0 Å². The summed E-state index contributed by atoms with van der Waals surface area (Å²) in [6.45, 7) is 2.14. The number of Topliss-reactive ketones (excluding diaryl/α,β-unsaturated/α-hetero) is 1. The summed E-state index contributed by atoms with van der Waals surface area (Å²) in [6, 6.07) is 11.8. The van der Waals surface area contributed by atoms with Crippen molar-refractivity contribution in [2.45, 2.75) is 19.5 Å². The van der Waals surface area contributed by atoms with E-state index in [-0.39, 0.29) is 17.9 Å². The fourth-order valence-corrected chi connectivity index (χ4v) is 4.70. The Morgan fingerprint density at radius 2 is 2.00 bits per heavy atom. The molecule has 1 amide bonds. The molecule has 0 aliphatic carbocycles. The smallest absolute Gasteiger partial charge is 0.295 e. The van der Waals surface area contributed by atoms with Crippen LogP contribution in [0.25, 0.3) is 5.76 Å². The van der Waals surface area contributed by atoms with Gasteiger partial charge in [0.2, 0.25) is 0 Å². The average Bonchev–Trinajstić information content (AvgIpc) is 3.30. The number of ether oxygens (including phenoxy) is 1. The maximum atomic E-state index is 13.1. The normalized spacial score (nSPS) is 18.1. The first-order valence-electron chi connectivity index (χ1n) is 9.37. The van der Waals surface area contributed by atoms with Crippen LogP contribution < -0.4 is 4.74 Å². The molecule has 0 radical (unpaired) electrons. The van der Waals surface area contributed by atoms with E-state index >= 15 is 0 Å². The van der Waals surface area contributed by atoms with Crippen LogP contribution in [0.5, 0.6) is 5.75 Å². The van der Waals surface area contributed by atoms with Crippen LogP contribution in [0.15, 0.2) is 65.8 Å². The van der Waals surface area contributed by atoms with Gasteiger partial charge in [-0.15, -0.1) is 11.3 Å². The lowest BCUT2D eigenvalue weighted by Gasteiger charge is -2.25. The molecule has 1 unspecified atom stereocenters. The van der Waals surface area contributed by atoms with E-state index in [1.54, 1.807) is 42.7 Å². The first kappa shape index (κ1) is 19.8. The third-order valence-corrected chi connectivity index (χ3v) is 6.20. The first-order chi connectivity index (χ1) is 14.5. The zero-order chi connectivity index (χ0) is 21.3. The predicted molar refractivity (Wildman–Crippen MR) is 114 cm³/mol. The highest BCUT2D eigenvalue weighted by atomic mass is 32.1. The summed E-state index contributed by atoms with van der Waals surface area (Å²) in [5.41, 5.74) is 2.20. The second kappa shape index (κ2) is 8.12. The second-order valence-corrected chi connectivity index (χ2v) is 7.90. The number of hydrogen-bond acceptors (Lipinski definition) is 6. The highest BCUT2D eigenvalue weighted by Crippen LogP contribution is 2.44. The van der Waals surface area contributed by atoms with E-state index in [1.807, 2.05) is 24.4 Å². The van der Waals surface area contributed by atoms with Crippen LogP contribution in [0, 0.1) is 6.92 Å². The number of benzene rings is 1. The molecule has 1 aromatic carbocycles. The van der Waals surface area contributed by atoms with Crippen LogP contribution in [0.1, 0.15) is 27.6 Å². The molecule has 30 heavy (non-hydrogen) atoms. The Kier molecular flexibility index (Phi) is 5.37. The molecule has 1 atom stereocenters. The van der Waals surface area contributed by atoms with Crippen LogP contribution in [-0.4, -0.2) is 33.8 Å². The average molecular weight is 420 g/mol. The number of aryl methyl sites for hydroxylation is 1. The Hall–Kier alpha value is -3.45. The van der Waals surface area contributed by atoms with Crippen LogP contribution in [0.2, 0.25) is 0 Å². The number of hydrogen-bond donors (Lipinski definition) is 1. The fourth-order valence-electron chi connectivity index (χ4n) is 3.65. The van der Waals surface area contributed by atoms with Crippen molar-refractivity contribution in [3.63, 3.8) is 0 Å². The number of thiophene rings is 1. The quantitative estimate of drug-likeness (QED) is 0.382. The van der Waals surface area contributed by atoms with Crippen molar-refractivity contribution in [1.82, 2.24) is 9.88 Å². The minimum atomic E-state index is -0.708. The van der Waals surface area contributed by atoms with Crippen molar-refractivity contribution in [3.05, 3.63) is 87.4 Å². The summed E-state index contributed by atoms with van der Waals surface area (Å²) in [7, 11) is 1.49. The van der Waals surface area contributed by atoms with Crippen LogP contribution in [-0.2, 0) is 16.1 Å². The SMILES string of the molecule is COc1ccccc1/C(O)=C1\C(=O)C(=O)N(Cc2cccnc2)C1c1sccc1C. The number of aliphatic hydroxyl groups is 1. The zero-order valence-corrected chi connectivity index (χ0v) is 17.3. The number of para-hydroxylation sites is 1. The van der Waals surface area contributed by atoms with E-state index in [1.165, 1.54) is 23.3 Å². The van der Waals surface area contributed by atoms with Gasteiger partial charge in [-0.25, -0.2) is 0 Å². The van der Waals surface area contributed by atoms with Crippen LogP contribution in [0.4, 0.5) is 0 Å². The minimum Gasteiger partial charge on any atom is -0.507 e. The molecule has 3 heterocycles. The number of aliphatic hydroxyl groups excluding tert-OH is 1. The first-order valence-corrected chi connectivity index (χ1v) is 10.3. The summed E-state index contributed by atoms with van der Waals surface area (Å²) in [6.07, 6.45) is 3.32. The second-order valence-electron chi connectivity index (χ2n) is 6.96. The molecule has 1 N–H and O–H groups in total. The number of amides is 1. The van der Waals surface area contributed by atoms with Crippen molar-refractivity contribution in [3.8, 4) is 5.75 Å². The van der Waals surface area contributed by atoms with Crippen LogP contribution >= 0.6 is 11.3 Å². The lowest BCUT2D eigenvalue weighted by Crippen LogP contribution is -2.29. The van der Waals surface area contributed by atoms with Gasteiger partial charge >= 0.3 is 0 Å². The highest BCUT2D eigenvalue weighted by Gasteiger charge is 2.47. The van der Waals surface area contributed by atoms with Gasteiger partial charge in [0.15, 0.2) is 0 Å². The Balaban J connectivity index is 1.89. The Morgan fingerprint density at radius 1 is 1.20 bits per heavy atom. The van der Waals surface area contributed by atoms with Gasteiger partial charge in [0.1, 0.15) is 17.6 Å². The fraction of sp³-hybridized carbons (Fsp3) is 0.174. The molecule has 2 aromatic heterocycles. The molecule has 0 spiro atoms. The molecule has 6 nitrogen and oxygen atoms in total. The van der Waals surface area contributed by atoms with E-state index < -0.39 is 17.7 Å². The summed E-state index contributed by atoms with van der Waals surface area (Å²) >= 11 is 1.45. The van der Waals surface area contributed by atoms with Gasteiger partial charge in [-0.05, 0) is 47.7 Å². The predicted octanol–water partition coefficient (Wildman–Crippen LogP) is 4.08. The highest BCUT2D eigenvalue weighted by molar-refractivity contribution is 7.10. The summed E-state index contributed by atoms with van der Waals surface area (Å²) in [4.78, 5) is 32.5. The Bertz CT molecular complexity index is 1140. The number of aromatic nitrogens is 1. The van der Waals surface area contributed by atoms with Gasteiger partial charge in [-0.2, -0.15) is 0 Å². The van der Waals surface area contributed by atoms with Gasteiger partial charge in [-0.1, -0.05) is 18.2 Å². The summed E-state index contributed by atoms with van der Waals surface area (Å²) < 4.78 is 5.35. The lowest BCUT2D eigenvalue weighted by atomic mass is 9.98. The lowest BCUT2D eigenvalue weighted by molar-refractivity contribution is -0.140. The largest absolute Gasteiger partial charge is 0.507 e. The van der Waals surface area contributed by atoms with Crippen molar-refractivity contribution in [2.75, 3.05) is 7.11 Å². The van der Waals surface area contributed by atoms with E-state index in [2.05, 4.69) is 4.98 Å². The number of carbonyl (C=O) groups excluding carboxylic acids is 2. The van der Waals surface area contributed by atoms with Crippen molar-refractivity contribution < 1.29 is 19.4 Å². The zero-order valence-electron chi connectivity index (χ0n) is 16.5. The van der Waals surface area contributed by atoms with E-state index in [0.29, 0.717) is 11.3 Å². The molecule has 4 rings (SSSR count). The Labute approximate surface area is 178 Å². The van der Waals surface area contributed by atoms with Gasteiger partial charge in [0, 0.05) is 23.8 Å². The number of likely N-dealkylation sites (tertiary alicyclic amines) is 1. The summed E-state index contributed by atoms with van der Waals surface area (Å²) in [5.74, 6) is -1.17. The third kappa shape index (κ3) is 3.37. The van der Waals surface area contributed by atoms with Crippen LogP contribution in [0.3, 0.4) is 0 Å². The molecule has 0 saturated carbocycles. The van der Waals surface area contributed by atoms with Gasteiger partial charge in [-0.3, -0.25) is 14.6 Å². The summed E-state index contributed by atoms with van der Waals surface area (Å²) in [5, 5.41) is 13.1. The third-order valence-electron chi connectivity index (χ3n) is 5.13. The molecule has 3 aromatic rings. The van der Waals surface area contributed by atoms with Gasteiger partial charge in [0.25, 0.3) is 11.7 Å². The topological polar surface area (TPSA) is 79.7 Å². The van der Waals surface area contributed by atoms with Crippen molar-refractivity contribution in [1.29, 1.82) is 0 Å². The molecule has 1 aliphatic rings. The molecule has 1 fully saturated rings.